The van der Waals surface area contributed by atoms with Crippen LogP contribution in [0, 0.1) is 5.41 Å². The van der Waals surface area contributed by atoms with Crippen molar-refractivity contribution in [2.75, 3.05) is 23.8 Å². The van der Waals surface area contributed by atoms with Gasteiger partial charge >= 0.3 is 6.03 Å². The van der Waals surface area contributed by atoms with E-state index >= 15 is 0 Å². The Morgan fingerprint density at radius 3 is 2.79 bits per heavy atom. The van der Waals surface area contributed by atoms with Gasteiger partial charge in [0.15, 0.2) is 0 Å². The van der Waals surface area contributed by atoms with E-state index in [0.717, 1.165) is 29.9 Å². The predicted octanol–water partition coefficient (Wildman–Crippen LogP) is 4.12. The summed E-state index contributed by atoms with van der Waals surface area (Å²) in [5.74, 6) is 0.434. The monoisotopic (exact) mass is 395 g/mol. The molecule has 3 rings (SSSR count). The number of anilines is 2. The molecule has 4 N–H and O–H groups in total. The van der Waals surface area contributed by atoms with Gasteiger partial charge in [-0.15, -0.1) is 0 Å². The van der Waals surface area contributed by atoms with Crippen molar-refractivity contribution in [1.82, 2.24) is 10.3 Å². The Morgan fingerprint density at radius 2 is 2.10 bits per heavy atom. The van der Waals surface area contributed by atoms with E-state index in [-0.39, 0.29) is 12.1 Å². The maximum Gasteiger partial charge on any atom is 0.320 e. The minimum Gasteiger partial charge on any atom is -0.383 e. The second-order valence-electron chi connectivity index (χ2n) is 7.59. The Balaban J connectivity index is 1.97. The van der Waals surface area contributed by atoms with Crippen LogP contribution in [0.25, 0.3) is 0 Å². The van der Waals surface area contributed by atoms with Gasteiger partial charge in [-0.1, -0.05) is 30.3 Å². The summed E-state index contributed by atoms with van der Waals surface area (Å²) in [7, 11) is 0. The smallest absolute Gasteiger partial charge is 0.320 e. The van der Waals surface area contributed by atoms with Gasteiger partial charge in [-0.25, -0.2) is 9.78 Å². The zero-order valence-corrected chi connectivity index (χ0v) is 17.2. The molecule has 2 bridgehead atoms. The zero-order chi connectivity index (χ0) is 20.9. The van der Waals surface area contributed by atoms with Gasteiger partial charge in [-0.05, 0) is 45.2 Å². The van der Waals surface area contributed by atoms with Gasteiger partial charge in [0.2, 0.25) is 0 Å². The molecule has 7 nitrogen and oxygen atoms in total. The summed E-state index contributed by atoms with van der Waals surface area (Å²) >= 11 is 0. The third-order valence-corrected chi connectivity index (χ3v) is 5.01. The van der Waals surface area contributed by atoms with Gasteiger partial charge in [-0.2, -0.15) is 0 Å². The lowest BCUT2D eigenvalue weighted by Gasteiger charge is -2.35. The molecule has 1 aliphatic heterocycles. The quantitative estimate of drug-likeness (QED) is 0.585. The fraction of sp³-hybridized carbons (Fsp3) is 0.409. The molecule has 1 aromatic heterocycles. The highest BCUT2D eigenvalue weighted by Gasteiger charge is 2.33. The van der Waals surface area contributed by atoms with Crippen molar-refractivity contribution >= 4 is 23.8 Å². The van der Waals surface area contributed by atoms with Gasteiger partial charge in [0.05, 0.1) is 23.0 Å². The molecule has 0 saturated heterocycles. The number of carbonyl (C=O) groups is 1. The number of amides is 2. The summed E-state index contributed by atoms with van der Waals surface area (Å²) < 4.78 is 6.21. The van der Waals surface area contributed by atoms with Crippen LogP contribution in [-0.4, -0.2) is 36.0 Å². The number of pyridine rings is 1. The number of aromatic nitrogens is 1. The molecule has 1 unspecified atom stereocenters. The Morgan fingerprint density at radius 1 is 1.34 bits per heavy atom. The topological polar surface area (TPSA) is 99.1 Å². The SMILES string of the molecule is CCNc1c(C=N)cc2nc1CCCOC(C)(C)C(c1ccccc1)NC(=O)N2. The highest BCUT2D eigenvalue weighted by Crippen LogP contribution is 2.30. The standard InChI is InChI=1S/C22H29N5O2/c1-4-24-19-16(14-23)13-18-25-17(19)11-8-12-29-22(2,3)20(27-21(28)26-18)15-9-6-5-7-10-15/h5-7,9-10,13-14,20,23-24H,4,8,11-12H2,1-3H3,(H2,25,26,27,28). The molecule has 1 aromatic carbocycles. The Hall–Kier alpha value is -2.93. The molecule has 0 spiro atoms. The lowest BCUT2D eigenvalue weighted by molar-refractivity contribution is -0.0434. The van der Waals surface area contributed by atoms with Crippen LogP contribution in [0.2, 0.25) is 0 Å². The molecule has 2 aromatic rings. The molecule has 2 amide bonds. The van der Waals surface area contributed by atoms with Crippen molar-refractivity contribution in [2.45, 2.75) is 45.3 Å². The van der Waals surface area contributed by atoms with E-state index in [1.165, 1.54) is 6.21 Å². The molecule has 0 aliphatic carbocycles. The fourth-order valence-electron chi connectivity index (χ4n) is 3.60. The molecule has 0 radical (unpaired) electrons. The number of benzene rings is 1. The molecule has 1 atom stereocenters. The predicted molar refractivity (Wildman–Crippen MR) is 116 cm³/mol. The van der Waals surface area contributed by atoms with Crippen LogP contribution in [-0.2, 0) is 11.2 Å². The first-order valence-corrected chi connectivity index (χ1v) is 9.99. The number of nitrogens with one attached hydrogen (secondary N) is 4. The minimum atomic E-state index is -0.594. The average molecular weight is 396 g/mol. The number of hydrogen-bond donors (Lipinski definition) is 4. The van der Waals surface area contributed by atoms with Crippen LogP contribution >= 0.6 is 0 Å². The maximum absolute atomic E-state index is 12.8. The van der Waals surface area contributed by atoms with Crippen molar-refractivity contribution in [3.05, 3.63) is 53.2 Å². The number of ether oxygens (including phenoxy) is 1. The zero-order valence-electron chi connectivity index (χ0n) is 17.2. The number of urea groups is 1. The van der Waals surface area contributed by atoms with Crippen molar-refractivity contribution in [3.63, 3.8) is 0 Å². The summed E-state index contributed by atoms with van der Waals surface area (Å²) in [6, 6.07) is 10.8. The number of carbonyl (C=O) groups excluding carboxylic acids is 1. The molecular formula is C22H29N5O2. The third-order valence-electron chi connectivity index (χ3n) is 5.01. The highest BCUT2D eigenvalue weighted by atomic mass is 16.5. The first kappa shape index (κ1) is 20.8. The second kappa shape index (κ2) is 9.05. The molecule has 154 valence electrons. The Kier molecular flexibility index (Phi) is 6.49. The van der Waals surface area contributed by atoms with Crippen LogP contribution < -0.4 is 16.0 Å². The molecule has 0 saturated carbocycles. The normalized spacial score (nSPS) is 19.1. The number of fused-ring (bicyclic) bond motifs is 2. The Bertz CT molecular complexity index is 867. The van der Waals surface area contributed by atoms with Crippen LogP contribution in [0.15, 0.2) is 36.4 Å². The number of hydrogen-bond acceptors (Lipinski definition) is 5. The van der Waals surface area contributed by atoms with E-state index in [9.17, 15) is 4.79 Å². The van der Waals surface area contributed by atoms with Gasteiger partial charge in [0, 0.05) is 24.9 Å². The summed E-state index contributed by atoms with van der Waals surface area (Å²) in [5, 5.41) is 16.9. The summed E-state index contributed by atoms with van der Waals surface area (Å²) in [6.07, 6.45) is 2.75. The maximum atomic E-state index is 12.8. The van der Waals surface area contributed by atoms with E-state index in [0.29, 0.717) is 24.4 Å². The largest absolute Gasteiger partial charge is 0.383 e. The van der Waals surface area contributed by atoms with Gasteiger partial charge in [0.1, 0.15) is 5.82 Å². The summed E-state index contributed by atoms with van der Waals surface area (Å²) in [5.41, 5.74) is 2.74. The fourth-order valence-corrected chi connectivity index (χ4v) is 3.60. The first-order chi connectivity index (χ1) is 13.9. The molecule has 0 fully saturated rings. The van der Waals surface area contributed by atoms with Crippen molar-refractivity contribution in [1.29, 1.82) is 5.41 Å². The van der Waals surface area contributed by atoms with Gasteiger partial charge < -0.3 is 20.8 Å². The van der Waals surface area contributed by atoms with Crippen LogP contribution in [0.1, 0.15) is 50.1 Å². The number of aryl methyl sites for hydroxylation is 1. The molecule has 2 heterocycles. The van der Waals surface area contributed by atoms with Crippen molar-refractivity contribution in [3.8, 4) is 0 Å². The van der Waals surface area contributed by atoms with E-state index in [2.05, 4.69) is 20.9 Å². The Labute approximate surface area is 171 Å². The van der Waals surface area contributed by atoms with Crippen molar-refractivity contribution in [2.24, 2.45) is 0 Å². The summed E-state index contributed by atoms with van der Waals surface area (Å²) in [4.78, 5) is 17.4. The van der Waals surface area contributed by atoms with Gasteiger partial charge in [-0.3, -0.25) is 5.32 Å². The third kappa shape index (κ3) is 4.92. The van der Waals surface area contributed by atoms with E-state index in [4.69, 9.17) is 10.1 Å². The molecule has 29 heavy (non-hydrogen) atoms. The lowest BCUT2D eigenvalue weighted by Crippen LogP contribution is -2.46. The second-order valence-corrected chi connectivity index (χ2v) is 7.59. The summed E-state index contributed by atoms with van der Waals surface area (Å²) in [6.45, 7) is 7.25. The number of nitrogens with zero attached hydrogens (tertiary/aromatic N) is 1. The lowest BCUT2D eigenvalue weighted by atomic mass is 9.91. The minimum absolute atomic E-state index is 0.328. The van der Waals surface area contributed by atoms with Crippen LogP contribution in [0.4, 0.5) is 16.3 Å². The van der Waals surface area contributed by atoms with Gasteiger partial charge in [0.25, 0.3) is 0 Å². The van der Waals surface area contributed by atoms with E-state index in [1.807, 2.05) is 51.1 Å². The average Bonchev–Trinajstić information content (AvgIpc) is 2.70. The number of rotatable bonds is 4. The van der Waals surface area contributed by atoms with Crippen LogP contribution in [0.3, 0.4) is 0 Å². The molecular weight excluding hydrogens is 366 g/mol. The highest BCUT2D eigenvalue weighted by molar-refractivity contribution is 5.92. The first-order valence-electron chi connectivity index (χ1n) is 9.99. The van der Waals surface area contributed by atoms with E-state index < -0.39 is 5.60 Å². The molecule has 7 heteroatoms. The van der Waals surface area contributed by atoms with E-state index in [1.54, 1.807) is 6.07 Å². The van der Waals surface area contributed by atoms with Crippen molar-refractivity contribution < 1.29 is 9.53 Å². The van der Waals surface area contributed by atoms with Crippen LogP contribution in [0.5, 0.6) is 0 Å². The molecule has 1 aliphatic rings.